The van der Waals surface area contributed by atoms with Crippen molar-refractivity contribution < 1.29 is 76.9 Å². The van der Waals surface area contributed by atoms with Crippen LogP contribution in [0.5, 0.6) is 0 Å². The van der Waals surface area contributed by atoms with Gasteiger partial charge in [-0.05, 0) is 24.3 Å². The highest BCUT2D eigenvalue weighted by atomic mass is 16.8. The Hall–Kier alpha value is -6.06. The van der Waals surface area contributed by atoms with Crippen LogP contribution in [0, 0.1) is 0 Å². The van der Waals surface area contributed by atoms with Gasteiger partial charge in [-0.25, -0.2) is 28.8 Å². The summed E-state index contributed by atoms with van der Waals surface area (Å²) in [4.78, 5) is 73.6. The molecule has 2 spiro atoms. The molecule has 5 rings (SSSR count). The first-order chi connectivity index (χ1) is 23.4. The molecule has 264 valence electrons. The summed E-state index contributed by atoms with van der Waals surface area (Å²) in [5.74, 6) is -12.6. The summed E-state index contributed by atoms with van der Waals surface area (Å²) in [5, 5.41) is 21.0. The lowest BCUT2D eigenvalue weighted by atomic mass is 9.87. The lowest BCUT2D eigenvalue weighted by Gasteiger charge is -2.46. The van der Waals surface area contributed by atoms with Crippen molar-refractivity contribution in [3.05, 3.63) is 94.9 Å². The van der Waals surface area contributed by atoms with Gasteiger partial charge < -0.3 is 48.1 Å². The zero-order valence-electron chi connectivity index (χ0n) is 27.2. The van der Waals surface area contributed by atoms with Crippen LogP contribution in [0.15, 0.2) is 94.9 Å². The molecule has 0 aromatic heterocycles. The average molecular weight is 697 g/mol. The van der Waals surface area contributed by atoms with E-state index in [1.54, 1.807) is 0 Å². The minimum atomic E-state index is -1.60. The van der Waals surface area contributed by atoms with E-state index in [2.05, 4.69) is 0 Å². The fraction of sp³-hybridized carbons (Fsp3) is 0.353. The molecule has 5 aliphatic rings. The van der Waals surface area contributed by atoms with E-state index < -0.39 is 70.9 Å². The Morgan fingerprint density at radius 2 is 0.760 bits per heavy atom. The Labute approximate surface area is 284 Å². The SMILES string of the molecule is CC1(C)OC(=O)C(=CC=CC=CC2=C(O)OC3(CCC4(CC3)OC(=O)C(/C=C/C=C/C=C3C(=O)OC(C)(C)OC3=O)=C(O)O4)OC2=O)C(=O)O1. The highest BCUT2D eigenvalue weighted by Crippen LogP contribution is 2.46. The molecule has 2 N–H and O–H groups in total. The molecule has 4 aliphatic heterocycles. The van der Waals surface area contributed by atoms with Gasteiger partial charge in [-0.3, -0.25) is 0 Å². The van der Waals surface area contributed by atoms with Crippen molar-refractivity contribution in [2.45, 2.75) is 76.5 Å². The van der Waals surface area contributed by atoms with Gasteiger partial charge in [-0.15, -0.1) is 0 Å². The Kier molecular flexibility index (Phi) is 9.23. The Bertz CT molecular complexity index is 1610. The third-order valence-electron chi connectivity index (χ3n) is 7.53. The largest absolute Gasteiger partial charge is 0.480 e. The van der Waals surface area contributed by atoms with Gasteiger partial charge in [0.25, 0.3) is 35.0 Å². The quantitative estimate of drug-likeness (QED) is 0.134. The summed E-state index contributed by atoms with van der Waals surface area (Å²) in [6, 6.07) is 0. The van der Waals surface area contributed by atoms with E-state index in [1.165, 1.54) is 88.5 Å². The summed E-state index contributed by atoms with van der Waals surface area (Å²) in [6.07, 6.45) is 12.4. The summed E-state index contributed by atoms with van der Waals surface area (Å²) in [6.45, 7) is 5.67. The maximum Gasteiger partial charge on any atom is 0.348 e. The Morgan fingerprint density at radius 3 is 1.06 bits per heavy atom. The van der Waals surface area contributed by atoms with E-state index in [1.807, 2.05) is 0 Å². The van der Waals surface area contributed by atoms with Crippen molar-refractivity contribution in [3.63, 3.8) is 0 Å². The van der Waals surface area contributed by atoms with Crippen LogP contribution in [0.4, 0.5) is 0 Å². The minimum Gasteiger partial charge on any atom is -0.480 e. The molecule has 50 heavy (non-hydrogen) atoms. The third kappa shape index (κ3) is 7.64. The predicted molar refractivity (Wildman–Crippen MR) is 163 cm³/mol. The zero-order chi connectivity index (χ0) is 36.5. The first-order valence-electron chi connectivity index (χ1n) is 15.2. The van der Waals surface area contributed by atoms with Crippen LogP contribution in [-0.2, 0) is 66.7 Å². The van der Waals surface area contributed by atoms with Crippen molar-refractivity contribution in [1.82, 2.24) is 0 Å². The molecule has 16 nitrogen and oxygen atoms in total. The second kappa shape index (κ2) is 13.1. The number of hydrogen-bond acceptors (Lipinski definition) is 16. The third-order valence-corrected chi connectivity index (χ3v) is 7.53. The molecule has 16 heteroatoms. The van der Waals surface area contributed by atoms with Gasteiger partial charge in [0.1, 0.15) is 22.3 Å². The number of carbonyl (C=O) groups excluding carboxylic acids is 6. The van der Waals surface area contributed by atoms with Crippen LogP contribution in [-0.4, -0.2) is 69.2 Å². The first kappa shape index (κ1) is 35.3. The Balaban J connectivity index is 1.17. The van der Waals surface area contributed by atoms with Crippen molar-refractivity contribution in [3.8, 4) is 0 Å². The average Bonchev–Trinajstić information content (AvgIpc) is 2.98. The number of rotatable bonds is 6. The molecule has 0 amide bonds. The maximum absolute atomic E-state index is 12.8. The van der Waals surface area contributed by atoms with Gasteiger partial charge in [-0.1, -0.05) is 36.5 Å². The van der Waals surface area contributed by atoms with Crippen LogP contribution < -0.4 is 0 Å². The summed E-state index contributed by atoms with van der Waals surface area (Å²) < 4.78 is 42.2. The van der Waals surface area contributed by atoms with Crippen molar-refractivity contribution in [2.75, 3.05) is 0 Å². The van der Waals surface area contributed by atoms with E-state index in [9.17, 15) is 39.0 Å². The van der Waals surface area contributed by atoms with Crippen molar-refractivity contribution in [1.29, 1.82) is 0 Å². The van der Waals surface area contributed by atoms with E-state index in [-0.39, 0.29) is 48.0 Å². The van der Waals surface area contributed by atoms with Gasteiger partial charge in [0.05, 0.1) is 0 Å². The van der Waals surface area contributed by atoms with E-state index >= 15 is 0 Å². The normalized spacial score (nSPS) is 24.2. The van der Waals surface area contributed by atoms with Crippen LogP contribution >= 0.6 is 0 Å². The molecular formula is C34H32O16. The first-order valence-corrected chi connectivity index (χ1v) is 15.2. The molecular weight excluding hydrogens is 664 g/mol. The second-order valence-electron chi connectivity index (χ2n) is 12.2. The lowest BCUT2D eigenvalue weighted by Crippen LogP contribution is -2.53. The van der Waals surface area contributed by atoms with Crippen LogP contribution in [0.3, 0.4) is 0 Å². The van der Waals surface area contributed by atoms with Gasteiger partial charge in [0.15, 0.2) is 0 Å². The zero-order valence-corrected chi connectivity index (χ0v) is 27.2. The molecule has 0 aromatic carbocycles. The van der Waals surface area contributed by atoms with Gasteiger partial charge in [-0.2, -0.15) is 0 Å². The van der Waals surface area contributed by atoms with Gasteiger partial charge in [0.2, 0.25) is 0 Å². The maximum atomic E-state index is 12.8. The van der Waals surface area contributed by atoms with Crippen molar-refractivity contribution >= 4 is 35.8 Å². The number of aliphatic hydroxyl groups is 2. The molecule has 1 saturated carbocycles. The van der Waals surface area contributed by atoms with Gasteiger partial charge >= 0.3 is 35.8 Å². The van der Waals surface area contributed by atoms with Gasteiger partial charge in [0, 0.05) is 53.4 Å². The van der Waals surface area contributed by atoms with E-state index in [0.29, 0.717) is 0 Å². The van der Waals surface area contributed by atoms with Crippen molar-refractivity contribution in [2.24, 2.45) is 0 Å². The van der Waals surface area contributed by atoms with Crippen LogP contribution in [0.25, 0.3) is 0 Å². The number of hydrogen-bond donors (Lipinski definition) is 2. The topological polar surface area (TPSA) is 217 Å². The van der Waals surface area contributed by atoms with E-state index in [0.717, 1.165) is 0 Å². The molecule has 3 fully saturated rings. The van der Waals surface area contributed by atoms with Crippen LogP contribution in [0.1, 0.15) is 53.4 Å². The number of ether oxygens (including phenoxy) is 8. The fourth-order valence-corrected chi connectivity index (χ4v) is 5.15. The molecule has 0 unspecified atom stereocenters. The summed E-state index contributed by atoms with van der Waals surface area (Å²) in [5.41, 5.74) is -1.28. The number of esters is 6. The monoisotopic (exact) mass is 696 g/mol. The summed E-state index contributed by atoms with van der Waals surface area (Å²) >= 11 is 0. The molecule has 0 atom stereocenters. The molecule has 2 saturated heterocycles. The smallest absolute Gasteiger partial charge is 0.348 e. The molecule has 0 radical (unpaired) electrons. The fourth-order valence-electron chi connectivity index (χ4n) is 5.15. The lowest BCUT2D eigenvalue weighted by molar-refractivity contribution is -0.302. The Morgan fingerprint density at radius 1 is 0.440 bits per heavy atom. The predicted octanol–water partition coefficient (Wildman–Crippen LogP) is 3.39. The number of carbonyl (C=O) groups is 6. The number of cyclic esters (lactones) is 4. The molecule has 0 bridgehead atoms. The molecule has 1 aliphatic carbocycles. The molecule has 0 aromatic rings. The van der Waals surface area contributed by atoms with E-state index in [4.69, 9.17) is 37.9 Å². The minimum absolute atomic E-state index is 0.0819. The highest BCUT2D eigenvalue weighted by molar-refractivity contribution is 6.16. The molecule has 4 heterocycles. The number of allylic oxidation sites excluding steroid dienone is 8. The standard InChI is InChI=1S/C34H32O16/c1-31(2)43-23(35)19(24(36)44-31)11-7-5-9-13-21-27(39)47-33(48-28(21)40)15-17-34(18-16-33)49-29(41)22(30(42)50-34)14-10-6-8-12-20-25(37)45-32(3,4)46-26(20)38/h5-14,39,41H,15-18H2,1-4H3/b7-5+,8-6?,13-9+,14-10?. The highest BCUT2D eigenvalue weighted by Gasteiger charge is 2.55. The number of aliphatic hydroxyl groups excluding tert-OH is 2. The summed E-state index contributed by atoms with van der Waals surface area (Å²) in [7, 11) is 0. The second-order valence-corrected chi connectivity index (χ2v) is 12.2. The van der Waals surface area contributed by atoms with Crippen LogP contribution in [0.2, 0.25) is 0 Å².